The largest absolute Gasteiger partial charge is 0.461 e. The maximum absolute atomic E-state index is 13.0. The van der Waals surface area contributed by atoms with Crippen LogP contribution in [-0.2, 0) is 11.3 Å². The van der Waals surface area contributed by atoms with Crippen LogP contribution >= 0.6 is 0 Å². The number of halogens is 2. The minimum Gasteiger partial charge on any atom is -0.461 e. The number of alkyl halides is 2. The van der Waals surface area contributed by atoms with Crippen molar-refractivity contribution in [2.75, 3.05) is 6.61 Å². The quantitative estimate of drug-likeness (QED) is 0.738. The van der Waals surface area contributed by atoms with Crippen LogP contribution in [0.4, 0.5) is 8.78 Å². The molecule has 18 heavy (non-hydrogen) atoms. The minimum atomic E-state index is -2.80. The topological polar surface area (TPSA) is 57.0 Å². The van der Waals surface area contributed by atoms with Crippen molar-refractivity contribution < 1.29 is 18.3 Å². The summed E-state index contributed by atoms with van der Waals surface area (Å²) < 4.78 is 31.7. The zero-order chi connectivity index (χ0) is 13.7. The molecule has 0 spiro atoms. The Hall–Kier alpha value is -1.53. The molecule has 1 aromatic heterocycles. The summed E-state index contributed by atoms with van der Waals surface area (Å²) in [5.41, 5.74) is -0.857. The Bertz CT molecular complexity index is 407. The van der Waals surface area contributed by atoms with Crippen LogP contribution in [0.3, 0.4) is 0 Å². The second-order valence-electron chi connectivity index (χ2n) is 4.04. The van der Waals surface area contributed by atoms with E-state index in [9.17, 15) is 13.6 Å². The summed E-state index contributed by atoms with van der Waals surface area (Å²) in [5, 5.41) is 7.12. The number of carbonyl (C=O) groups excluding carboxylic acids is 1. The van der Waals surface area contributed by atoms with Crippen LogP contribution in [0.2, 0.25) is 0 Å². The van der Waals surface area contributed by atoms with E-state index >= 15 is 0 Å². The Balaban J connectivity index is 3.03. The summed E-state index contributed by atoms with van der Waals surface area (Å²) in [4.78, 5) is 11.5. The van der Waals surface area contributed by atoms with Crippen molar-refractivity contribution in [1.82, 2.24) is 15.0 Å². The Morgan fingerprint density at radius 2 is 2.11 bits per heavy atom. The van der Waals surface area contributed by atoms with Crippen LogP contribution in [0.15, 0.2) is 0 Å². The molecule has 0 radical (unpaired) electrons. The van der Waals surface area contributed by atoms with Gasteiger partial charge in [-0.1, -0.05) is 25.5 Å². The molecule has 0 aliphatic rings. The summed E-state index contributed by atoms with van der Waals surface area (Å²) >= 11 is 0. The molecule has 0 fully saturated rings. The van der Waals surface area contributed by atoms with Gasteiger partial charge in [-0.15, -0.1) is 5.10 Å². The maximum atomic E-state index is 13.0. The molecule has 0 aliphatic carbocycles. The summed E-state index contributed by atoms with van der Waals surface area (Å²) in [5.74, 6) is -0.678. The van der Waals surface area contributed by atoms with E-state index in [2.05, 4.69) is 15.0 Å². The maximum Gasteiger partial charge on any atom is 0.361 e. The lowest BCUT2D eigenvalue weighted by molar-refractivity contribution is 0.0506. The molecule has 0 saturated carbocycles. The van der Waals surface area contributed by atoms with E-state index in [4.69, 9.17) is 0 Å². The van der Waals surface area contributed by atoms with E-state index in [-0.39, 0.29) is 12.5 Å². The fourth-order valence-electron chi connectivity index (χ4n) is 1.44. The third kappa shape index (κ3) is 3.24. The lowest BCUT2D eigenvalue weighted by Gasteiger charge is -2.11. The van der Waals surface area contributed by atoms with Crippen LogP contribution in [0.5, 0.6) is 0 Å². The molecular weight excluding hydrogens is 244 g/mol. The molecular formula is C11H17F2N3O2. The number of rotatable bonds is 6. The highest BCUT2D eigenvalue weighted by Crippen LogP contribution is 2.23. The summed E-state index contributed by atoms with van der Waals surface area (Å²) in [6, 6.07) is 0. The van der Waals surface area contributed by atoms with Gasteiger partial charge in [-0.3, -0.25) is 0 Å². The zero-order valence-electron chi connectivity index (χ0n) is 10.7. The molecule has 0 bridgehead atoms. The molecule has 0 saturated heterocycles. The summed E-state index contributed by atoms with van der Waals surface area (Å²) in [6.07, 6.45) is -1.97. The highest BCUT2D eigenvalue weighted by molar-refractivity contribution is 5.88. The van der Waals surface area contributed by atoms with Gasteiger partial charge in [0.05, 0.1) is 6.61 Å². The van der Waals surface area contributed by atoms with Crippen molar-refractivity contribution in [1.29, 1.82) is 0 Å². The number of nitrogens with zero attached hydrogens (tertiary/aromatic N) is 3. The van der Waals surface area contributed by atoms with Gasteiger partial charge in [0, 0.05) is 6.54 Å². The van der Waals surface area contributed by atoms with E-state index in [1.807, 2.05) is 13.8 Å². The molecule has 1 heterocycles. The van der Waals surface area contributed by atoms with Crippen molar-refractivity contribution in [3.8, 4) is 0 Å². The van der Waals surface area contributed by atoms with Gasteiger partial charge in [0.15, 0.2) is 5.69 Å². The van der Waals surface area contributed by atoms with Crippen LogP contribution < -0.4 is 0 Å². The van der Waals surface area contributed by atoms with Gasteiger partial charge in [0.2, 0.25) is 0 Å². The number of carbonyl (C=O) groups is 1. The molecule has 1 rings (SSSR count). The first-order chi connectivity index (χ1) is 8.51. The standard InChI is InChI=1S/C11H17F2N3O2/c1-4-7(3)6-16-9(10(12)13)8(14-15-16)11(17)18-5-2/h7,10H,4-6H2,1-3H3. The molecule has 1 aromatic rings. The van der Waals surface area contributed by atoms with Crippen molar-refractivity contribution in [3.05, 3.63) is 11.4 Å². The van der Waals surface area contributed by atoms with Gasteiger partial charge in [-0.05, 0) is 12.8 Å². The highest BCUT2D eigenvalue weighted by Gasteiger charge is 2.27. The average Bonchev–Trinajstić information content (AvgIpc) is 2.73. The Morgan fingerprint density at radius 3 is 2.61 bits per heavy atom. The smallest absolute Gasteiger partial charge is 0.361 e. The molecule has 0 N–H and O–H groups in total. The SMILES string of the molecule is CCOC(=O)c1nnn(CC(C)CC)c1C(F)F. The fourth-order valence-corrected chi connectivity index (χ4v) is 1.44. The molecule has 0 amide bonds. The third-order valence-electron chi connectivity index (χ3n) is 2.63. The Morgan fingerprint density at radius 1 is 1.44 bits per heavy atom. The first-order valence-corrected chi connectivity index (χ1v) is 5.89. The van der Waals surface area contributed by atoms with Crippen molar-refractivity contribution in [2.24, 2.45) is 5.92 Å². The lowest BCUT2D eigenvalue weighted by atomic mass is 10.1. The van der Waals surface area contributed by atoms with Crippen LogP contribution in [0.1, 0.15) is 49.8 Å². The first-order valence-electron chi connectivity index (χ1n) is 5.89. The third-order valence-corrected chi connectivity index (χ3v) is 2.63. The highest BCUT2D eigenvalue weighted by atomic mass is 19.3. The number of aromatic nitrogens is 3. The second-order valence-corrected chi connectivity index (χ2v) is 4.04. The van der Waals surface area contributed by atoms with E-state index in [0.717, 1.165) is 11.1 Å². The second kappa shape index (κ2) is 6.42. The van der Waals surface area contributed by atoms with Crippen LogP contribution in [-0.4, -0.2) is 27.6 Å². The number of ether oxygens (including phenoxy) is 1. The molecule has 1 unspecified atom stereocenters. The van der Waals surface area contributed by atoms with Crippen molar-refractivity contribution in [2.45, 2.75) is 40.2 Å². The Labute approximate surface area is 104 Å². The molecule has 7 heteroatoms. The zero-order valence-corrected chi connectivity index (χ0v) is 10.7. The summed E-state index contributed by atoms with van der Waals surface area (Å²) in [6.45, 7) is 5.89. The number of esters is 1. The monoisotopic (exact) mass is 261 g/mol. The molecule has 102 valence electrons. The van der Waals surface area contributed by atoms with Gasteiger partial charge in [-0.2, -0.15) is 0 Å². The predicted octanol–water partition coefficient (Wildman–Crippen LogP) is 2.44. The molecule has 0 aromatic carbocycles. The van der Waals surface area contributed by atoms with Gasteiger partial charge in [0.25, 0.3) is 6.43 Å². The van der Waals surface area contributed by atoms with E-state index in [1.54, 1.807) is 6.92 Å². The molecule has 0 aliphatic heterocycles. The van der Waals surface area contributed by atoms with E-state index in [1.165, 1.54) is 0 Å². The van der Waals surface area contributed by atoms with E-state index < -0.39 is 23.8 Å². The van der Waals surface area contributed by atoms with Crippen LogP contribution in [0, 0.1) is 5.92 Å². The van der Waals surface area contributed by atoms with Gasteiger partial charge in [0.1, 0.15) is 5.69 Å². The first kappa shape index (κ1) is 14.5. The average molecular weight is 261 g/mol. The molecule has 5 nitrogen and oxygen atoms in total. The Kier molecular flexibility index (Phi) is 5.18. The van der Waals surface area contributed by atoms with Crippen molar-refractivity contribution >= 4 is 5.97 Å². The lowest BCUT2D eigenvalue weighted by Crippen LogP contribution is -2.14. The van der Waals surface area contributed by atoms with Crippen molar-refractivity contribution in [3.63, 3.8) is 0 Å². The fraction of sp³-hybridized carbons (Fsp3) is 0.727. The summed E-state index contributed by atoms with van der Waals surface area (Å²) in [7, 11) is 0. The van der Waals surface area contributed by atoms with Gasteiger partial charge < -0.3 is 4.74 Å². The predicted molar refractivity (Wildman–Crippen MR) is 60.4 cm³/mol. The minimum absolute atomic E-state index is 0.111. The number of hydrogen-bond acceptors (Lipinski definition) is 4. The number of hydrogen-bond donors (Lipinski definition) is 0. The normalized spacial score (nSPS) is 12.8. The van der Waals surface area contributed by atoms with E-state index in [0.29, 0.717) is 6.54 Å². The molecule has 1 atom stereocenters. The van der Waals surface area contributed by atoms with Crippen LogP contribution in [0.25, 0.3) is 0 Å². The van der Waals surface area contributed by atoms with Gasteiger partial charge >= 0.3 is 5.97 Å². The van der Waals surface area contributed by atoms with Gasteiger partial charge in [-0.25, -0.2) is 18.3 Å².